The molecule has 0 aliphatic carbocycles. The molecule has 0 heterocycles. The maximum Gasteiger partial charge on any atom is 0.490 e. The summed E-state index contributed by atoms with van der Waals surface area (Å²) in [6.07, 6.45) is 1.29. The summed E-state index contributed by atoms with van der Waals surface area (Å²) >= 11 is 0. The molecule has 0 bridgehead atoms. The third-order valence-corrected chi connectivity index (χ3v) is 2.44. The summed E-state index contributed by atoms with van der Waals surface area (Å²) in [6, 6.07) is 0. The maximum absolute atomic E-state index is 10.6. The SMILES string of the molecule is CCCCCCCCCC.O=C(O)C(F)(F)F.O=C(O)C(F)(F)F. The molecule has 0 unspecified atom stereocenters. The Hall–Kier alpha value is -1.48. The van der Waals surface area contributed by atoms with Crippen molar-refractivity contribution in [2.45, 2.75) is 77.6 Å². The van der Waals surface area contributed by atoms with Crippen LogP contribution in [0.1, 0.15) is 65.2 Å². The lowest BCUT2D eigenvalue weighted by Crippen LogP contribution is -2.21. The second-order valence-electron chi connectivity index (χ2n) is 4.73. The summed E-state index contributed by atoms with van der Waals surface area (Å²) in [5.74, 6) is -5.51. The van der Waals surface area contributed by atoms with Gasteiger partial charge in [0, 0.05) is 0 Å². The van der Waals surface area contributed by atoms with Gasteiger partial charge < -0.3 is 10.2 Å². The van der Waals surface area contributed by atoms with Crippen LogP contribution >= 0.6 is 0 Å². The topological polar surface area (TPSA) is 74.6 Å². The predicted molar refractivity (Wildman–Crippen MR) is 75.7 cm³/mol. The van der Waals surface area contributed by atoms with Crippen LogP contribution in [-0.4, -0.2) is 34.5 Å². The number of carboxylic acid groups (broad SMARTS) is 2. The van der Waals surface area contributed by atoms with Gasteiger partial charge in [-0.15, -0.1) is 0 Å². The molecule has 0 amide bonds. The van der Waals surface area contributed by atoms with Crippen molar-refractivity contribution in [2.24, 2.45) is 0 Å². The highest BCUT2D eigenvalue weighted by molar-refractivity contribution is 5.73. The molecule has 0 aromatic heterocycles. The molecule has 24 heavy (non-hydrogen) atoms. The Morgan fingerprint density at radius 1 is 0.625 bits per heavy atom. The van der Waals surface area contributed by atoms with Gasteiger partial charge in [0.25, 0.3) is 0 Å². The lowest BCUT2D eigenvalue weighted by atomic mass is 10.1. The first kappa shape index (κ1) is 27.4. The standard InChI is InChI=1S/C10H22.2C2HF3O2/c1-3-5-7-9-10-8-6-4-2;2*3-2(4,5)1(6)7/h3-10H2,1-2H3;2*(H,6,7). The summed E-state index contributed by atoms with van der Waals surface area (Å²) in [5, 5.41) is 14.2. The summed E-state index contributed by atoms with van der Waals surface area (Å²) in [5.41, 5.74) is 0. The summed E-state index contributed by atoms with van der Waals surface area (Å²) in [6.45, 7) is 4.54. The smallest absolute Gasteiger partial charge is 0.475 e. The number of halogens is 6. The summed E-state index contributed by atoms with van der Waals surface area (Å²) in [7, 11) is 0. The van der Waals surface area contributed by atoms with E-state index in [1.54, 1.807) is 0 Å². The number of aliphatic carboxylic acids is 2. The lowest BCUT2D eigenvalue weighted by Gasteiger charge is -1.97. The molecule has 0 aromatic rings. The van der Waals surface area contributed by atoms with Crippen LogP contribution in [0.5, 0.6) is 0 Å². The lowest BCUT2D eigenvalue weighted by molar-refractivity contribution is -0.193. The molecular formula is C14H24F6O4. The zero-order chi connectivity index (χ0) is 19.8. The minimum absolute atomic E-state index is 1.37. The molecule has 0 radical (unpaired) electrons. The quantitative estimate of drug-likeness (QED) is 0.464. The van der Waals surface area contributed by atoms with Crippen molar-refractivity contribution in [3.8, 4) is 0 Å². The fourth-order valence-electron chi connectivity index (χ4n) is 1.21. The third kappa shape index (κ3) is 25.5. The van der Waals surface area contributed by atoms with Crippen molar-refractivity contribution in [3.63, 3.8) is 0 Å². The average molecular weight is 370 g/mol. The van der Waals surface area contributed by atoms with Gasteiger partial charge in [-0.25, -0.2) is 9.59 Å². The van der Waals surface area contributed by atoms with E-state index in [9.17, 15) is 26.3 Å². The van der Waals surface area contributed by atoms with E-state index in [4.69, 9.17) is 19.8 Å². The molecule has 2 N–H and O–H groups in total. The van der Waals surface area contributed by atoms with Gasteiger partial charge in [-0.05, 0) is 0 Å². The number of carboxylic acids is 2. The van der Waals surface area contributed by atoms with Crippen LogP contribution < -0.4 is 0 Å². The highest BCUT2D eigenvalue weighted by Crippen LogP contribution is 2.13. The Morgan fingerprint density at radius 2 is 0.792 bits per heavy atom. The fraction of sp³-hybridized carbons (Fsp3) is 0.857. The molecule has 0 saturated carbocycles. The predicted octanol–water partition coefficient (Wildman–Crippen LogP) is 5.41. The summed E-state index contributed by atoms with van der Waals surface area (Å²) < 4.78 is 63.5. The Balaban J connectivity index is -0.000000283. The number of unbranched alkanes of at least 4 members (excludes halogenated alkanes) is 7. The van der Waals surface area contributed by atoms with Crippen LogP contribution in [0.4, 0.5) is 26.3 Å². The van der Waals surface area contributed by atoms with E-state index < -0.39 is 24.3 Å². The minimum Gasteiger partial charge on any atom is -0.475 e. The number of rotatable bonds is 7. The maximum atomic E-state index is 10.6. The molecule has 0 atom stereocenters. The van der Waals surface area contributed by atoms with Crippen molar-refractivity contribution in [3.05, 3.63) is 0 Å². The molecule has 0 aromatic carbocycles. The van der Waals surface area contributed by atoms with Crippen LogP contribution in [0, 0.1) is 0 Å². The monoisotopic (exact) mass is 370 g/mol. The van der Waals surface area contributed by atoms with Gasteiger partial charge in [0.1, 0.15) is 0 Å². The second-order valence-corrected chi connectivity index (χ2v) is 4.73. The molecule has 146 valence electrons. The normalized spacial score (nSPS) is 10.8. The van der Waals surface area contributed by atoms with Crippen molar-refractivity contribution in [1.29, 1.82) is 0 Å². The number of hydrogen-bond donors (Lipinski definition) is 2. The molecule has 4 nitrogen and oxygen atoms in total. The Bertz CT molecular complexity index is 294. The van der Waals surface area contributed by atoms with Crippen LogP contribution in [0.2, 0.25) is 0 Å². The number of carbonyl (C=O) groups is 2. The van der Waals surface area contributed by atoms with Crippen LogP contribution in [-0.2, 0) is 9.59 Å². The van der Waals surface area contributed by atoms with E-state index in [2.05, 4.69) is 13.8 Å². The van der Waals surface area contributed by atoms with E-state index in [1.807, 2.05) is 0 Å². The highest BCUT2D eigenvalue weighted by atomic mass is 19.4. The Kier molecular flexibility index (Phi) is 17.2. The van der Waals surface area contributed by atoms with Crippen LogP contribution in [0.3, 0.4) is 0 Å². The van der Waals surface area contributed by atoms with Crippen molar-refractivity contribution >= 4 is 11.9 Å². The zero-order valence-corrected chi connectivity index (χ0v) is 13.6. The van der Waals surface area contributed by atoms with Gasteiger partial charge in [-0.2, -0.15) is 26.3 Å². The molecule has 0 aliphatic rings. The highest BCUT2D eigenvalue weighted by Gasteiger charge is 2.38. The van der Waals surface area contributed by atoms with Gasteiger partial charge in [0.15, 0.2) is 0 Å². The average Bonchev–Trinajstić information content (AvgIpc) is 2.42. The van der Waals surface area contributed by atoms with E-state index in [0.29, 0.717) is 0 Å². The molecular weight excluding hydrogens is 346 g/mol. The van der Waals surface area contributed by atoms with Gasteiger partial charge in [0.05, 0.1) is 0 Å². The second kappa shape index (κ2) is 15.1. The minimum atomic E-state index is -5.08. The number of alkyl halides is 6. The van der Waals surface area contributed by atoms with Gasteiger partial charge in [-0.3, -0.25) is 0 Å². The molecule has 10 heteroatoms. The molecule has 0 rings (SSSR count). The van der Waals surface area contributed by atoms with E-state index in [-0.39, 0.29) is 0 Å². The zero-order valence-electron chi connectivity index (χ0n) is 13.6. The van der Waals surface area contributed by atoms with E-state index in [1.165, 1.54) is 51.4 Å². The first-order valence-electron chi connectivity index (χ1n) is 7.40. The van der Waals surface area contributed by atoms with Gasteiger partial charge in [-0.1, -0.05) is 65.2 Å². The largest absolute Gasteiger partial charge is 0.490 e. The van der Waals surface area contributed by atoms with E-state index >= 15 is 0 Å². The van der Waals surface area contributed by atoms with E-state index in [0.717, 1.165) is 0 Å². The first-order valence-corrected chi connectivity index (χ1v) is 7.40. The van der Waals surface area contributed by atoms with Crippen LogP contribution in [0.25, 0.3) is 0 Å². The van der Waals surface area contributed by atoms with Crippen molar-refractivity contribution in [1.82, 2.24) is 0 Å². The Labute approximate surface area is 136 Å². The third-order valence-electron chi connectivity index (χ3n) is 2.44. The van der Waals surface area contributed by atoms with Gasteiger partial charge >= 0.3 is 24.3 Å². The molecule has 0 aliphatic heterocycles. The number of hydrogen-bond acceptors (Lipinski definition) is 2. The molecule has 0 saturated heterocycles. The van der Waals surface area contributed by atoms with Crippen molar-refractivity contribution < 1.29 is 46.1 Å². The first-order chi connectivity index (χ1) is 10.8. The van der Waals surface area contributed by atoms with Crippen molar-refractivity contribution in [2.75, 3.05) is 0 Å². The molecule has 0 spiro atoms. The molecule has 0 fully saturated rings. The van der Waals surface area contributed by atoms with Gasteiger partial charge in [0.2, 0.25) is 0 Å². The summed E-state index contributed by atoms with van der Waals surface area (Å²) in [4.78, 5) is 17.8. The fourth-order valence-corrected chi connectivity index (χ4v) is 1.21. The Morgan fingerprint density at radius 3 is 0.917 bits per heavy atom. The van der Waals surface area contributed by atoms with Crippen LogP contribution in [0.15, 0.2) is 0 Å².